The molecule has 3 amide bonds. The van der Waals surface area contributed by atoms with Crippen LogP contribution in [0.15, 0.2) is 91.1 Å². The Labute approximate surface area is 336 Å². The van der Waals surface area contributed by atoms with Crippen molar-refractivity contribution in [1.82, 2.24) is 25.3 Å². The summed E-state index contributed by atoms with van der Waals surface area (Å²) in [4.78, 5) is 48.5. The van der Waals surface area contributed by atoms with Gasteiger partial charge in [-0.1, -0.05) is 54.6 Å². The van der Waals surface area contributed by atoms with Crippen LogP contribution in [0.5, 0.6) is 5.75 Å². The average Bonchev–Trinajstić information content (AvgIpc) is 3.25. The lowest BCUT2D eigenvalue weighted by molar-refractivity contribution is -0.142. The number of nitrogens with zero attached hydrogens (tertiary/aromatic N) is 6. The van der Waals surface area contributed by atoms with E-state index in [-0.39, 0.29) is 35.4 Å². The van der Waals surface area contributed by atoms with Gasteiger partial charge in [-0.15, -0.1) is 0 Å². The number of rotatable bonds is 10. The van der Waals surface area contributed by atoms with E-state index in [4.69, 9.17) is 0 Å². The fourth-order valence-corrected chi connectivity index (χ4v) is 9.81. The quantitative estimate of drug-likeness (QED) is 0.183. The second kappa shape index (κ2) is 17.1. The molecule has 0 radical (unpaired) electrons. The minimum atomic E-state index is -0.592. The second-order valence-electron chi connectivity index (χ2n) is 16.4. The van der Waals surface area contributed by atoms with E-state index in [0.717, 1.165) is 88.3 Å². The number of imide groups is 1. The molecule has 298 valence electrons. The number of piperidine rings is 4. The Morgan fingerprint density at radius 1 is 0.825 bits per heavy atom. The molecule has 8 rings (SSSR count). The van der Waals surface area contributed by atoms with Gasteiger partial charge in [-0.05, 0) is 99.2 Å². The largest absolute Gasteiger partial charge is 0.507 e. The number of amides is 3. The molecule has 4 fully saturated rings. The normalized spacial score (nSPS) is 21.0. The SMILES string of the molecule is CCN(C(=O)C1(c2ccccc2)CCN(c2cnnc(-c3ccccc3O)c2)CC1)C1CCN(CC2CCN(c3ccc([C@H]4CCC(=O)NC4=O)cc3)CC2)CC1. The van der Waals surface area contributed by atoms with E-state index in [1.54, 1.807) is 18.3 Å². The molecular weight excluding hydrogens is 715 g/mol. The summed E-state index contributed by atoms with van der Waals surface area (Å²) in [6, 6.07) is 28.2. The molecule has 11 heteroatoms. The highest BCUT2D eigenvalue weighted by molar-refractivity contribution is 6.01. The molecule has 57 heavy (non-hydrogen) atoms. The molecule has 0 aliphatic carbocycles. The van der Waals surface area contributed by atoms with E-state index in [1.807, 2.05) is 24.3 Å². The fourth-order valence-electron chi connectivity index (χ4n) is 9.81. The maximum Gasteiger partial charge on any atom is 0.234 e. The number of hydrogen-bond donors (Lipinski definition) is 2. The summed E-state index contributed by atoms with van der Waals surface area (Å²) >= 11 is 0. The van der Waals surface area contributed by atoms with Gasteiger partial charge in [-0.3, -0.25) is 19.7 Å². The van der Waals surface area contributed by atoms with E-state index in [9.17, 15) is 19.5 Å². The zero-order valence-electron chi connectivity index (χ0n) is 33.1. The Kier molecular flexibility index (Phi) is 11.5. The topological polar surface area (TPSA) is 122 Å². The van der Waals surface area contributed by atoms with Crippen LogP contribution >= 0.6 is 0 Å². The Hall–Kier alpha value is -5.29. The van der Waals surface area contributed by atoms with Crippen molar-refractivity contribution in [2.24, 2.45) is 5.92 Å². The number of anilines is 2. The summed E-state index contributed by atoms with van der Waals surface area (Å²) in [7, 11) is 0. The number of likely N-dealkylation sites (tertiary alicyclic amines) is 1. The van der Waals surface area contributed by atoms with Gasteiger partial charge in [0.1, 0.15) is 5.75 Å². The van der Waals surface area contributed by atoms with Crippen molar-refractivity contribution in [3.05, 3.63) is 102 Å². The van der Waals surface area contributed by atoms with Crippen LogP contribution in [0.3, 0.4) is 0 Å². The monoisotopic (exact) mass is 769 g/mol. The number of carbonyl (C=O) groups excluding carboxylic acids is 3. The molecular formula is C46H55N7O4. The van der Waals surface area contributed by atoms with Crippen molar-refractivity contribution in [3.63, 3.8) is 0 Å². The van der Waals surface area contributed by atoms with E-state index in [1.165, 1.54) is 5.69 Å². The zero-order chi connectivity index (χ0) is 39.4. The van der Waals surface area contributed by atoms with Crippen LogP contribution in [0.1, 0.15) is 75.3 Å². The first-order chi connectivity index (χ1) is 27.8. The number of phenols is 1. The average molecular weight is 770 g/mol. The summed E-state index contributed by atoms with van der Waals surface area (Å²) in [5.74, 6) is 0.474. The van der Waals surface area contributed by atoms with Gasteiger partial charge in [0, 0.05) is 76.1 Å². The first-order valence-corrected chi connectivity index (χ1v) is 20.9. The lowest BCUT2D eigenvalue weighted by atomic mass is 9.71. The molecule has 4 aliphatic rings. The molecule has 5 heterocycles. The molecule has 4 aliphatic heterocycles. The van der Waals surface area contributed by atoms with Crippen molar-refractivity contribution in [2.75, 3.05) is 62.2 Å². The van der Waals surface area contributed by atoms with Crippen molar-refractivity contribution in [2.45, 2.75) is 75.7 Å². The first kappa shape index (κ1) is 38.6. The van der Waals surface area contributed by atoms with Crippen molar-refractivity contribution in [1.29, 1.82) is 0 Å². The van der Waals surface area contributed by atoms with Gasteiger partial charge < -0.3 is 24.7 Å². The molecule has 3 aromatic carbocycles. The highest BCUT2D eigenvalue weighted by Crippen LogP contribution is 2.41. The maximum atomic E-state index is 15.0. The Bertz CT molecular complexity index is 2020. The maximum absolute atomic E-state index is 15.0. The van der Waals surface area contributed by atoms with Crippen LogP contribution in [0.4, 0.5) is 11.4 Å². The van der Waals surface area contributed by atoms with Gasteiger partial charge in [0.05, 0.1) is 28.9 Å². The number of hydrogen-bond acceptors (Lipinski definition) is 9. The van der Waals surface area contributed by atoms with Gasteiger partial charge in [0.15, 0.2) is 0 Å². The van der Waals surface area contributed by atoms with Crippen LogP contribution in [0.2, 0.25) is 0 Å². The fraction of sp³-hybridized carbons (Fsp3) is 0.457. The number of aromatic hydroxyl groups is 1. The number of phenolic OH excluding ortho intramolecular Hbond substituents is 1. The highest BCUT2D eigenvalue weighted by atomic mass is 16.3. The smallest absolute Gasteiger partial charge is 0.234 e. The highest BCUT2D eigenvalue weighted by Gasteiger charge is 2.46. The Balaban J connectivity index is 0.856. The lowest BCUT2D eigenvalue weighted by Gasteiger charge is -2.47. The number of nitrogens with one attached hydrogen (secondary N) is 1. The molecule has 0 saturated carbocycles. The third-order valence-corrected chi connectivity index (χ3v) is 13.2. The number of benzene rings is 3. The van der Waals surface area contributed by atoms with Crippen molar-refractivity contribution in [3.8, 4) is 17.0 Å². The van der Waals surface area contributed by atoms with E-state index >= 15 is 0 Å². The van der Waals surface area contributed by atoms with Gasteiger partial charge in [0.2, 0.25) is 17.7 Å². The van der Waals surface area contributed by atoms with Crippen LogP contribution < -0.4 is 15.1 Å². The molecule has 1 atom stereocenters. The summed E-state index contributed by atoms with van der Waals surface area (Å²) < 4.78 is 0. The van der Waals surface area contributed by atoms with Gasteiger partial charge in [-0.2, -0.15) is 10.2 Å². The minimum absolute atomic E-state index is 0.177. The molecule has 4 saturated heterocycles. The van der Waals surface area contributed by atoms with Crippen LogP contribution in [-0.4, -0.2) is 101 Å². The molecule has 2 N–H and O–H groups in total. The second-order valence-corrected chi connectivity index (χ2v) is 16.4. The predicted octanol–water partition coefficient (Wildman–Crippen LogP) is 6.14. The number of aromatic nitrogens is 2. The number of carbonyl (C=O) groups is 3. The Morgan fingerprint density at radius 3 is 2.19 bits per heavy atom. The summed E-state index contributed by atoms with van der Waals surface area (Å²) in [6.07, 6.45) is 8.45. The van der Waals surface area contributed by atoms with E-state index in [2.05, 4.69) is 90.6 Å². The van der Waals surface area contributed by atoms with Gasteiger partial charge in [-0.25, -0.2) is 0 Å². The zero-order valence-corrected chi connectivity index (χ0v) is 33.1. The molecule has 0 spiro atoms. The Morgan fingerprint density at radius 2 is 1.51 bits per heavy atom. The number of para-hydroxylation sites is 1. The lowest BCUT2D eigenvalue weighted by Crippen LogP contribution is -2.57. The summed E-state index contributed by atoms with van der Waals surface area (Å²) in [5.41, 5.74) is 4.91. The molecule has 0 bridgehead atoms. The molecule has 11 nitrogen and oxygen atoms in total. The third-order valence-electron chi connectivity index (χ3n) is 13.2. The summed E-state index contributed by atoms with van der Waals surface area (Å²) in [5, 5.41) is 21.5. The number of likely N-dealkylation sites (N-methyl/N-ethyl adjacent to an activating group) is 1. The van der Waals surface area contributed by atoms with Gasteiger partial charge >= 0.3 is 0 Å². The minimum Gasteiger partial charge on any atom is -0.507 e. The molecule has 0 unspecified atom stereocenters. The van der Waals surface area contributed by atoms with E-state index < -0.39 is 5.41 Å². The molecule has 1 aromatic heterocycles. The predicted molar refractivity (Wildman–Crippen MR) is 222 cm³/mol. The summed E-state index contributed by atoms with van der Waals surface area (Å²) in [6.45, 7) is 9.44. The van der Waals surface area contributed by atoms with Crippen LogP contribution in [0.25, 0.3) is 11.3 Å². The molecule has 4 aromatic rings. The first-order valence-electron chi connectivity index (χ1n) is 20.9. The van der Waals surface area contributed by atoms with Gasteiger partial charge in [0.25, 0.3) is 0 Å². The van der Waals surface area contributed by atoms with Crippen molar-refractivity contribution >= 4 is 29.1 Å². The standard InChI is InChI=1S/C46H55N7O4/c1-2-53(37-20-24-50(25-21-37)32-33-18-26-51(27-19-33)36-14-12-34(13-15-36)39-16-17-43(55)48-44(39)56)45(57)46(35-8-4-3-5-9-35)22-28-52(29-23-46)38-30-41(49-47-31-38)40-10-6-7-11-42(40)54/h3-15,30-31,33,37,39,54H,2,16-29,32H2,1H3,(H,48,55,56)/t39-/m1/s1. The van der Waals surface area contributed by atoms with Crippen LogP contribution in [0, 0.1) is 5.92 Å². The van der Waals surface area contributed by atoms with Crippen molar-refractivity contribution < 1.29 is 19.5 Å². The third kappa shape index (κ3) is 8.26. The van der Waals surface area contributed by atoms with Crippen LogP contribution in [-0.2, 0) is 19.8 Å². The van der Waals surface area contributed by atoms with E-state index in [0.29, 0.717) is 49.4 Å².